The van der Waals surface area contributed by atoms with E-state index in [1.165, 1.54) is 19.3 Å². The Labute approximate surface area is 116 Å². The second-order valence-corrected chi connectivity index (χ2v) is 3.91. The lowest BCUT2D eigenvalue weighted by molar-refractivity contribution is 0.203. The molecule has 0 heterocycles. The van der Waals surface area contributed by atoms with Crippen LogP contribution in [0.2, 0.25) is 0 Å². The van der Waals surface area contributed by atoms with Crippen molar-refractivity contribution in [3.05, 3.63) is 0 Å². The van der Waals surface area contributed by atoms with Crippen LogP contribution in [0.25, 0.3) is 0 Å². The lowest BCUT2D eigenvalue weighted by Gasteiger charge is -2.10. The highest BCUT2D eigenvalue weighted by Gasteiger charge is 2.20. The average molecular weight is 341 g/mol. The highest BCUT2D eigenvalue weighted by molar-refractivity contribution is 14.0. The zero-order chi connectivity index (χ0) is 10.9. The lowest BCUT2D eigenvalue weighted by Crippen LogP contribution is -2.39. The molecule has 0 spiro atoms. The Morgan fingerprint density at radius 3 is 2.69 bits per heavy atom. The molecular formula is C11H24IN3O. The first-order valence-electron chi connectivity index (χ1n) is 5.88. The van der Waals surface area contributed by atoms with E-state index in [4.69, 9.17) is 4.74 Å². The summed E-state index contributed by atoms with van der Waals surface area (Å²) in [6, 6.07) is 0. The third kappa shape index (κ3) is 8.15. The summed E-state index contributed by atoms with van der Waals surface area (Å²) in [5.74, 6) is 1.87. The van der Waals surface area contributed by atoms with Crippen LogP contribution in [0.15, 0.2) is 4.99 Å². The van der Waals surface area contributed by atoms with Crippen LogP contribution < -0.4 is 10.6 Å². The SMILES string of the molecule is CCNC(=NCCC1CC1)NCCOC.I. The smallest absolute Gasteiger partial charge is 0.191 e. The molecule has 0 amide bonds. The largest absolute Gasteiger partial charge is 0.383 e. The Balaban J connectivity index is 0.00000225. The number of ether oxygens (including phenoxy) is 1. The molecule has 0 unspecified atom stereocenters. The maximum Gasteiger partial charge on any atom is 0.191 e. The van der Waals surface area contributed by atoms with Crippen molar-refractivity contribution >= 4 is 29.9 Å². The minimum atomic E-state index is 0. The number of guanidine groups is 1. The van der Waals surface area contributed by atoms with Gasteiger partial charge in [-0.2, -0.15) is 0 Å². The van der Waals surface area contributed by atoms with E-state index in [2.05, 4.69) is 22.5 Å². The second-order valence-electron chi connectivity index (χ2n) is 3.91. The van der Waals surface area contributed by atoms with Crippen LogP contribution in [0.3, 0.4) is 0 Å². The molecule has 0 aromatic rings. The summed E-state index contributed by atoms with van der Waals surface area (Å²) >= 11 is 0. The van der Waals surface area contributed by atoms with E-state index < -0.39 is 0 Å². The van der Waals surface area contributed by atoms with Crippen molar-refractivity contribution in [1.29, 1.82) is 0 Å². The van der Waals surface area contributed by atoms with Crippen molar-refractivity contribution in [3.8, 4) is 0 Å². The molecule has 0 aromatic heterocycles. The van der Waals surface area contributed by atoms with E-state index in [-0.39, 0.29) is 24.0 Å². The molecule has 96 valence electrons. The van der Waals surface area contributed by atoms with Crippen LogP contribution >= 0.6 is 24.0 Å². The number of hydrogen-bond donors (Lipinski definition) is 2. The van der Waals surface area contributed by atoms with Gasteiger partial charge in [0, 0.05) is 26.7 Å². The average Bonchev–Trinajstić information content (AvgIpc) is 3.02. The molecular weight excluding hydrogens is 317 g/mol. The molecule has 16 heavy (non-hydrogen) atoms. The third-order valence-electron chi connectivity index (χ3n) is 2.45. The number of hydrogen-bond acceptors (Lipinski definition) is 2. The zero-order valence-corrected chi connectivity index (χ0v) is 12.6. The topological polar surface area (TPSA) is 45.7 Å². The number of nitrogens with zero attached hydrogens (tertiary/aromatic N) is 1. The number of nitrogens with one attached hydrogen (secondary N) is 2. The first kappa shape index (κ1) is 16.0. The number of aliphatic imine (C=N–C) groups is 1. The Hall–Kier alpha value is -0.0400. The van der Waals surface area contributed by atoms with E-state index in [0.29, 0.717) is 6.61 Å². The zero-order valence-electron chi connectivity index (χ0n) is 10.3. The molecule has 0 aromatic carbocycles. The molecule has 1 saturated carbocycles. The van der Waals surface area contributed by atoms with Crippen molar-refractivity contribution in [2.45, 2.75) is 26.2 Å². The van der Waals surface area contributed by atoms with Crippen LogP contribution in [-0.2, 0) is 4.74 Å². The molecule has 2 N–H and O–H groups in total. The molecule has 0 bridgehead atoms. The predicted molar refractivity (Wildman–Crippen MR) is 78.6 cm³/mol. The Morgan fingerprint density at radius 2 is 2.12 bits per heavy atom. The number of rotatable bonds is 7. The molecule has 0 radical (unpaired) electrons. The van der Waals surface area contributed by atoms with Crippen molar-refractivity contribution in [3.63, 3.8) is 0 Å². The molecule has 1 aliphatic rings. The van der Waals surface area contributed by atoms with Crippen LogP contribution in [-0.4, -0.2) is 39.3 Å². The van der Waals surface area contributed by atoms with Gasteiger partial charge in [-0.25, -0.2) is 0 Å². The Morgan fingerprint density at radius 1 is 1.38 bits per heavy atom. The van der Waals surface area contributed by atoms with E-state index in [1.807, 2.05) is 0 Å². The first-order valence-corrected chi connectivity index (χ1v) is 5.88. The van der Waals surface area contributed by atoms with Crippen molar-refractivity contribution in [2.24, 2.45) is 10.9 Å². The molecule has 0 saturated heterocycles. The fourth-order valence-electron chi connectivity index (χ4n) is 1.38. The van der Waals surface area contributed by atoms with Gasteiger partial charge in [0.15, 0.2) is 5.96 Å². The summed E-state index contributed by atoms with van der Waals surface area (Å²) in [4.78, 5) is 4.50. The predicted octanol–water partition coefficient (Wildman–Crippen LogP) is 1.61. The second kappa shape index (κ2) is 10.1. The molecule has 1 aliphatic carbocycles. The molecule has 0 atom stereocenters. The van der Waals surface area contributed by atoms with Gasteiger partial charge in [0.1, 0.15) is 0 Å². The summed E-state index contributed by atoms with van der Waals surface area (Å²) in [5.41, 5.74) is 0. The lowest BCUT2D eigenvalue weighted by atomic mass is 10.3. The van der Waals surface area contributed by atoms with Gasteiger partial charge in [0.2, 0.25) is 0 Å². The van der Waals surface area contributed by atoms with Crippen LogP contribution in [0, 0.1) is 5.92 Å². The molecule has 1 rings (SSSR count). The standard InChI is InChI=1S/C11H23N3O.HI/c1-3-12-11(14-8-9-15-2)13-7-6-10-4-5-10;/h10H,3-9H2,1-2H3,(H2,12,13,14);1H. The normalized spacial score (nSPS) is 15.5. The first-order chi connectivity index (χ1) is 7.36. The van der Waals surface area contributed by atoms with Gasteiger partial charge in [-0.05, 0) is 19.3 Å². The van der Waals surface area contributed by atoms with E-state index in [0.717, 1.165) is 31.5 Å². The van der Waals surface area contributed by atoms with E-state index >= 15 is 0 Å². The van der Waals surface area contributed by atoms with Crippen LogP contribution in [0.4, 0.5) is 0 Å². The van der Waals surface area contributed by atoms with Gasteiger partial charge < -0.3 is 15.4 Å². The van der Waals surface area contributed by atoms with Gasteiger partial charge in [-0.1, -0.05) is 12.8 Å². The highest BCUT2D eigenvalue weighted by atomic mass is 127. The summed E-state index contributed by atoms with van der Waals surface area (Å²) in [6.45, 7) is 5.45. The quantitative estimate of drug-likeness (QED) is 0.320. The fourth-order valence-corrected chi connectivity index (χ4v) is 1.38. The maximum atomic E-state index is 4.98. The van der Waals surface area contributed by atoms with Crippen molar-refractivity contribution < 1.29 is 4.74 Å². The highest BCUT2D eigenvalue weighted by Crippen LogP contribution is 2.31. The third-order valence-corrected chi connectivity index (χ3v) is 2.45. The monoisotopic (exact) mass is 341 g/mol. The van der Waals surface area contributed by atoms with Crippen LogP contribution in [0.5, 0.6) is 0 Å². The minimum Gasteiger partial charge on any atom is -0.383 e. The number of methoxy groups -OCH3 is 1. The molecule has 5 heteroatoms. The van der Waals surface area contributed by atoms with Gasteiger partial charge in [-0.3, -0.25) is 4.99 Å². The molecule has 4 nitrogen and oxygen atoms in total. The molecule has 1 fully saturated rings. The van der Waals surface area contributed by atoms with Crippen LogP contribution in [0.1, 0.15) is 26.2 Å². The van der Waals surface area contributed by atoms with Crippen molar-refractivity contribution in [2.75, 3.05) is 33.4 Å². The summed E-state index contributed by atoms with van der Waals surface area (Å²) in [7, 11) is 1.71. The maximum absolute atomic E-state index is 4.98. The van der Waals surface area contributed by atoms with Crippen molar-refractivity contribution in [1.82, 2.24) is 10.6 Å². The van der Waals surface area contributed by atoms with E-state index in [1.54, 1.807) is 7.11 Å². The minimum absolute atomic E-state index is 0. The summed E-state index contributed by atoms with van der Waals surface area (Å²) < 4.78 is 4.98. The fraction of sp³-hybridized carbons (Fsp3) is 0.909. The van der Waals surface area contributed by atoms with Gasteiger partial charge >= 0.3 is 0 Å². The Kier molecular flexibility index (Phi) is 10.1. The summed E-state index contributed by atoms with van der Waals surface area (Å²) in [5, 5.41) is 6.45. The summed E-state index contributed by atoms with van der Waals surface area (Å²) in [6.07, 6.45) is 4.05. The molecule has 0 aliphatic heterocycles. The number of halogens is 1. The van der Waals surface area contributed by atoms with Gasteiger partial charge in [0.05, 0.1) is 6.61 Å². The van der Waals surface area contributed by atoms with E-state index in [9.17, 15) is 0 Å². The van der Waals surface area contributed by atoms with Gasteiger partial charge in [0.25, 0.3) is 0 Å². The Bertz CT molecular complexity index is 196. The van der Waals surface area contributed by atoms with Gasteiger partial charge in [-0.15, -0.1) is 24.0 Å².